The molecule has 0 aromatic carbocycles. The van der Waals surface area contributed by atoms with Gasteiger partial charge in [-0.25, -0.2) is 14.6 Å². The molecule has 0 saturated heterocycles. The minimum atomic E-state index is -1.09. The Balaban J connectivity index is 1.83. The van der Waals surface area contributed by atoms with Crippen LogP contribution in [0.15, 0.2) is 5.38 Å². The Morgan fingerprint density at radius 3 is 2.75 bits per heavy atom. The first-order chi connectivity index (χ1) is 9.58. The molecular formula is C10H11N5O3S2. The highest BCUT2D eigenvalue weighted by molar-refractivity contribution is 7.15. The maximum absolute atomic E-state index is 11.6. The third-order valence-corrected chi connectivity index (χ3v) is 3.99. The van der Waals surface area contributed by atoms with Gasteiger partial charge < -0.3 is 10.4 Å². The van der Waals surface area contributed by atoms with Gasteiger partial charge in [0.25, 0.3) is 0 Å². The van der Waals surface area contributed by atoms with Gasteiger partial charge in [0, 0.05) is 5.38 Å². The summed E-state index contributed by atoms with van der Waals surface area (Å²) in [5, 5.41) is 24.7. The predicted molar refractivity (Wildman–Crippen MR) is 74.2 cm³/mol. The van der Waals surface area contributed by atoms with Gasteiger partial charge in [0.2, 0.25) is 5.13 Å². The van der Waals surface area contributed by atoms with Crippen molar-refractivity contribution in [3.63, 3.8) is 0 Å². The van der Waals surface area contributed by atoms with Crippen molar-refractivity contribution in [3.8, 4) is 0 Å². The van der Waals surface area contributed by atoms with Crippen LogP contribution in [0.25, 0.3) is 0 Å². The topological polar surface area (TPSA) is 117 Å². The summed E-state index contributed by atoms with van der Waals surface area (Å²) in [5.74, 6) is -1.09. The molecule has 106 valence electrons. The molecule has 0 radical (unpaired) electrons. The SMILES string of the molecule is CCc1nnc(NC(=O)NCc2nc(C(=O)O)cs2)s1. The second-order valence-corrected chi connectivity index (χ2v) is 5.60. The highest BCUT2D eigenvalue weighted by atomic mass is 32.1. The zero-order valence-electron chi connectivity index (χ0n) is 10.4. The molecule has 2 heterocycles. The second kappa shape index (κ2) is 6.39. The summed E-state index contributed by atoms with van der Waals surface area (Å²) in [6.07, 6.45) is 0.762. The Morgan fingerprint density at radius 1 is 1.35 bits per heavy atom. The quantitative estimate of drug-likeness (QED) is 0.771. The summed E-state index contributed by atoms with van der Waals surface area (Å²) in [6.45, 7) is 2.11. The van der Waals surface area contributed by atoms with Crippen LogP contribution in [0.1, 0.15) is 27.4 Å². The lowest BCUT2D eigenvalue weighted by Crippen LogP contribution is -2.28. The minimum absolute atomic E-state index is 0.0241. The van der Waals surface area contributed by atoms with E-state index < -0.39 is 12.0 Å². The van der Waals surface area contributed by atoms with Gasteiger partial charge in [0.15, 0.2) is 5.69 Å². The highest BCUT2D eigenvalue weighted by Crippen LogP contribution is 2.15. The normalized spacial score (nSPS) is 10.2. The molecule has 8 nitrogen and oxygen atoms in total. The van der Waals surface area contributed by atoms with Gasteiger partial charge in [-0.2, -0.15) is 0 Å². The van der Waals surface area contributed by atoms with Gasteiger partial charge in [-0.15, -0.1) is 21.5 Å². The number of thiazole rings is 1. The van der Waals surface area contributed by atoms with E-state index in [4.69, 9.17) is 5.11 Å². The molecule has 0 unspecified atom stereocenters. The van der Waals surface area contributed by atoms with Crippen molar-refractivity contribution in [2.75, 3.05) is 5.32 Å². The third-order valence-electron chi connectivity index (χ3n) is 2.16. The van der Waals surface area contributed by atoms with Crippen LogP contribution in [0.3, 0.4) is 0 Å². The van der Waals surface area contributed by atoms with Crippen molar-refractivity contribution in [2.24, 2.45) is 0 Å². The number of nitrogens with one attached hydrogen (secondary N) is 2. The van der Waals surface area contributed by atoms with E-state index in [9.17, 15) is 9.59 Å². The van der Waals surface area contributed by atoms with E-state index in [1.807, 2.05) is 6.92 Å². The molecule has 0 fully saturated rings. The number of carboxylic acids is 1. The van der Waals surface area contributed by atoms with Crippen molar-refractivity contribution >= 4 is 39.8 Å². The van der Waals surface area contributed by atoms with Gasteiger partial charge in [-0.3, -0.25) is 5.32 Å². The van der Waals surface area contributed by atoms with Gasteiger partial charge >= 0.3 is 12.0 Å². The number of anilines is 1. The molecule has 0 saturated carbocycles. The largest absolute Gasteiger partial charge is 0.476 e. The van der Waals surface area contributed by atoms with Crippen LogP contribution >= 0.6 is 22.7 Å². The van der Waals surface area contributed by atoms with E-state index in [0.29, 0.717) is 10.1 Å². The summed E-state index contributed by atoms with van der Waals surface area (Å²) in [4.78, 5) is 26.1. The maximum Gasteiger partial charge on any atom is 0.355 e. The van der Waals surface area contributed by atoms with E-state index in [1.165, 1.54) is 28.1 Å². The van der Waals surface area contributed by atoms with Crippen LogP contribution in [0.5, 0.6) is 0 Å². The zero-order chi connectivity index (χ0) is 14.5. The van der Waals surface area contributed by atoms with Crippen LogP contribution in [-0.2, 0) is 13.0 Å². The Morgan fingerprint density at radius 2 is 2.15 bits per heavy atom. The standard InChI is InChI=1S/C10H11N5O3S2/c1-2-6-14-15-10(20-6)13-9(18)11-3-7-12-5(4-19-7)8(16)17/h4H,2-3H2,1H3,(H,16,17)(H2,11,13,15,18). The number of hydrogen-bond acceptors (Lipinski definition) is 7. The fourth-order valence-electron chi connectivity index (χ4n) is 1.23. The molecule has 20 heavy (non-hydrogen) atoms. The predicted octanol–water partition coefficient (Wildman–Crippen LogP) is 1.58. The van der Waals surface area contributed by atoms with Crippen LogP contribution < -0.4 is 10.6 Å². The molecule has 2 aromatic rings. The molecule has 0 aliphatic heterocycles. The fraction of sp³-hybridized carbons (Fsp3) is 0.300. The summed E-state index contributed by atoms with van der Waals surface area (Å²) in [7, 11) is 0. The van der Waals surface area contributed by atoms with Crippen LogP contribution in [0.4, 0.5) is 9.93 Å². The van der Waals surface area contributed by atoms with Gasteiger partial charge in [0.1, 0.15) is 10.0 Å². The monoisotopic (exact) mass is 313 g/mol. The number of carbonyl (C=O) groups excluding carboxylic acids is 1. The van der Waals surface area contributed by atoms with E-state index in [0.717, 1.165) is 11.4 Å². The van der Waals surface area contributed by atoms with Crippen molar-refractivity contribution in [1.82, 2.24) is 20.5 Å². The number of carboxylic acid groups (broad SMARTS) is 1. The number of hydrogen-bond donors (Lipinski definition) is 3. The smallest absolute Gasteiger partial charge is 0.355 e. The molecule has 0 atom stereocenters. The lowest BCUT2D eigenvalue weighted by Gasteiger charge is -2.02. The van der Waals surface area contributed by atoms with Crippen molar-refractivity contribution in [2.45, 2.75) is 19.9 Å². The van der Waals surface area contributed by atoms with Crippen molar-refractivity contribution in [3.05, 3.63) is 21.1 Å². The van der Waals surface area contributed by atoms with E-state index in [-0.39, 0.29) is 12.2 Å². The number of urea groups is 1. The van der Waals surface area contributed by atoms with Gasteiger partial charge in [-0.05, 0) is 6.42 Å². The molecule has 0 spiro atoms. The number of aromatic nitrogens is 3. The summed E-state index contributed by atoms with van der Waals surface area (Å²) in [6, 6.07) is -0.434. The molecule has 2 aromatic heterocycles. The number of aryl methyl sites for hydroxylation is 1. The van der Waals surface area contributed by atoms with Crippen LogP contribution in [0, 0.1) is 0 Å². The highest BCUT2D eigenvalue weighted by Gasteiger charge is 2.10. The first-order valence-corrected chi connectivity index (χ1v) is 7.33. The first kappa shape index (κ1) is 14.3. The first-order valence-electron chi connectivity index (χ1n) is 5.63. The number of rotatable bonds is 5. The molecule has 0 aliphatic carbocycles. The van der Waals surface area contributed by atoms with Crippen LogP contribution in [-0.4, -0.2) is 32.3 Å². The zero-order valence-corrected chi connectivity index (χ0v) is 12.0. The fourth-order valence-corrected chi connectivity index (χ4v) is 2.62. The summed E-state index contributed by atoms with van der Waals surface area (Å²) >= 11 is 2.48. The van der Waals surface area contributed by atoms with Crippen molar-refractivity contribution in [1.29, 1.82) is 0 Å². The molecule has 3 N–H and O–H groups in total. The molecular weight excluding hydrogens is 302 g/mol. The van der Waals surface area contributed by atoms with Gasteiger partial charge in [0.05, 0.1) is 6.54 Å². The molecule has 0 bridgehead atoms. The van der Waals surface area contributed by atoms with E-state index >= 15 is 0 Å². The minimum Gasteiger partial charge on any atom is -0.476 e. The van der Waals surface area contributed by atoms with Crippen molar-refractivity contribution < 1.29 is 14.7 Å². The Bertz CT molecular complexity index is 624. The molecule has 2 rings (SSSR count). The average molecular weight is 313 g/mol. The Hall–Kier alpha value is -2.07. The number of aromatic carboxylic acids is 1. The van der Waals surface area contributed by atoms with Gasteiger partial charge in [-0.1, -0.05) is 18.3 Å². The number of nitrogens with zero attached hydrogens (tertiary/aromatic N) is 3. The van der Waals surface area contributed by atoms with E-state index in [2.05, 4.69) is 25.8 Å². The Kier molecular flexibility index (Phi) is 4.58. The summed E-state index contributed by atoms with van der Waals surface area (Å²) in [5.41, 5.74) is -0.0241. The molecule has 10 heteroatoms. The summed E-state index contributed by atoms with van der Waals surface area (Å²) < 4.78 is 0. The molecule has 0 aliphatic rings. The number of amides is 2. The maximum atomic E-state index is 11.6. The lowest BCUT2D eigenvalue weighted by molar-refractivity contribution is 0.0691. The second-order valence-electron chi connectivity index (χ2n) is 3.59. The van der Waals surface area contributed by atoms with Crippen LogP contribution in [0.2, 0.25) is 0 Å². The third kappa shape index (κ3) is 3.71. The average Bonchev–Trinajstić information content (AvgIpc) is 3.05. The number of carbonyl (C=O) groups is 2. The molecule has 2 amide bonds. The van der Waals surface area contributed by atoms with E-state index in [1.54, 1.807) is 0 Å². The lowest BCUT2D eigenvalue weighted by atomic mass is 10.5. The Labute approximate surface area is 121 Å².